The lowest BCUT2D eigenvalue weighted by Crippen LogP contribution is -2.27. The fraction of sp³-hybridized carbons (Fsp3) is 0.227. The molecule has 0 bridgehead atoms. The number of carbonyl (C=O) groups is 2. The van der Waals surface area contributed by atoms with Gasteiger partial charge in [-0.1, -0.05) is 24.3 Å². The number of nitriles is 1. The lowest BCUT2D eigenvalue weighted by atomic mass is 10.1. The maximum absolute atomic E-state index is 12.4. The molecule has 2 aromatic rings. The van der Waals surface area contributed by atoms with Gasteiger partial charge >= 0.3 is 5.97 Å². The van der Waals surface area contributed by atoms with Gasteiger partial charge in [0.1, 0.15) is 28.7 Å². The Hall–Kier alpha value is -3.63. The van der Waals surface area contributed by atoms with E-state index in [0.29, 0.717) is 42.4 Å². The van der Waals surface area contributed by atoms with E-state index in [1.54, 1.807) is 48.5 Å². The number of nitrogens with zero attached hydrogens (tertiary/aromatic N) is 1. The van der Waals surface area contributed by atoms with Crippen molar-refractivity contribution in [3.8, 4) is 17.6 Å². The van der Waals surface area contributed by atoms with Crippen LogP contribution in [0.1, 0.15) is 22.8 Å². The van der Waals surface area contributed by atoms with Crippen LogP contribution in [0.2, 0.25) is 0 Å². The molecule has 0 saturated carbocycles. The molecule has 29 heavy (non-hydrogen) atoms. The summed E-state index contributed by atoms with van der Waals surface area (Å²) in [6.45, 7) is 2.94. The lowest BCUT2D eigenvalue weighted by molar-refractivity contribution is -0.117. The summed E-state index contributed by atoms with van der Waals surface area (Å²) in [5.41, 5.74) is 0.923. The summed E-state index contributed by atoms with van der Waals surface area (Å²) in [5.74, 6) is -0.223. The number of para-hydroxylation sites is 1. The molecule has 1 N–H and O–H groups in total. The number of esters is 1. The Morgan fingerprint density at radius 2 is 1.86 bits per heavy atom. The predicted molar refractivity (Wildman–Crippen MR) is 107 cm³/mol. The van der Waals surface area contributed by atoms with Crippen LogP contribution in [0.3, 0.4) is 0 Å². The first-order valence-corrected chi connectivity index (χ1v) is 9.02. The summed E-state index contributed by atoms with van der Waals surface area (Å²) >= 11 is 0. The fourth-order valence-corrected chi connectivity index (χ4v) is 2.39. The summed E-state index contributed by atoms with van der Waals surface area (Å²) in [4.78, 5) is 24.4. The number of hydrogen-bond donors (Lipinski definition) is 1. The minimum absolute atomic E-state index is 0.0310. The van der Waals surface area contributed by atoms with E-state index in [1.807, 2.05) is 13.0 Å². The number of methoxy groups -OCH3 is 1. The monoisotopic (exact) mass is 394 g/mol. The minimum Gasteiger partial charge on any atom is -0.493 e. The van der Waals surface area contributed by atoms with E-state index in [2.05, 4.69) is 5.32 Å². The highest BCUT2D eigenvalue weighted by atomic mass is 16.5. The van der Waals surface area contributed by atoms with Gasteiger partial charge in [-0.05, 0) is 42.8 Å². The maximum atomic E-state index is 12.4. The van der Waals surface area contributed by atoms with Gasteiger partial charge in [0, 0.05) is 13.7 Å². The van der Waals surface area contributed by atoms with Crippen LogP contribution in [-0.2, 0) is 9.53 Å². The average molecular weight is 394 g/mol. The standard InChI is InChI=1S/C22H22N2O5/c1-3-28-20-7-5-4-6-19(20)22(26)29-18-10-8-16(9-11-18)14-17(15-23)21(25)24-12-13-27-2/h4-11,14H,3,12-13H2,1-2H3,(H,24,25)/b17-14+. The van der Waals surface area contributed by atoms with E-state index < -0.39 is 11.9 Å². The molecule has 0 fully saturated rings. The first-order valence-electron chi connectivity index (χ1n) is 9.02. The van der Waals surface area contributed by atoms with E-state index in [-0.39, 0.29) is 5.57 Å². The molecule has 7 heteroatoms. The molecule has 0 saturated heterocycles. The molecule has 0 atom stereocenters. The zero-order chi connectivity index (χ0) is 21.1. The first kappa shape index (κ1) is 21.7. The quantitative estimate of drug-likeness (QED) is 0.231. The smallest absolute Gasteiger partial charge is 0.347 e. The topological polar surface area (TPSA) is 97.7 Å². The number of benzene rings is 2. The number of rotatable bonds is 9. The number of ether oxygens (including phenoxy) is 3. The van der Waals surface area contributed by atoms with Gasteiger partial charge in [-0.3, -0.25) is 4.79 Å². The van der Waals surface area contributed by atoms with Crippen LogP contribution < -0.4 is 14.8 Å². The molecule has 0 heterocycles. The Kier molecular flexibility index (Phi) is 8.42. The second-order valence-corrected chi connectivity index (χ2v) is 5.81. The summed E-state index contributed by atoms with van der Waals surface area (Å²) in [6, 6.07) is 15.2. The molecular weight excluding hydrogens is 372 g/mol. The van der Waals surface area contributed by atoms with Crippen molar-refractivity contribution in [2.75, 3.05) is 26.9 Å². The van der Waals surface area contributed by atoms with Crippen molar-refractivity contribution >= 4 is 18.0 Å². The molecule has 2 rings (SSSR count). The number of carbonyl (C=O) groups excluding carboxylic acids is 2. The molecule has 0 aliphatic heterocycles. The highest BCUT2D eigenvalue weighted by Gasteiger charge is 2.14. The van der Waals surface area contributed by atoms with E-state index in [0.717, 1.165) is 0 Å². The van der Waals surface area contributed by atoms with E-state index in [1.165, 1.54) is 13.2 Å². The summed E-state index contributed by atoms with van der Waals surface area (Å²) < 4.78 is 15.7. The molecule has 0 aromatic heterocycles. The van der Waals surface area contributed by atoms with Crippen molar-refractivity contribution in [1.82, 2.24) is 5.32 Å². The Labute approximate surface area is 169 Å². The van der Waals surface area contributed by atoms with Crippen LogP contribution in [0.15, 0.2) is 54.1 Å². The fourth-order valence-electron chi connectivity index (χ4n) is 2.39. The van der Waals surface area contributed by atoms with Gasteiger partial charge in [0.25, 0.3) is 5.91 Å². The minimum atomic E-state index is -0.535. The first-order chi connectivity index (χ1) is 14.1. The SMILES string of the molecule is CCOc1ccccc1C(=O)Oc1ccc(/C=C(\C#N)C(=O)NCCOC)cc1. The zero-order valence-electron chi connectivity index (χ0n) is 16.3. The van der Waals surface area contributed by atoms with E-state index >= 15 is 0 Å². The van der Waals surface area contributed by atoms with Crippen molar-refractivity contribution in [1.29, 1.82) is 5.26 Å². The normalized spacial score (nSPS) is 10.7. The van der Waals surface area contributed by atoms with Crippen LogP contribution >= 0.6 is 0 Å². The van der Waals surface area contributed by atoms with Gasteiger partial charge in [-0.25, -0.2) is 4.79 Å². The van der Waals surface area contributed by atoms with Gasteiger partial charge in [0.05, 0.1) is 13.2 Å². The van der Waals surface area contributed by atoms with Crippen LogP contribution in [0.25, 0.3) is 6.08 Å². The largest absolute Gasteiger partial charge is 0.493 e. The molecule has 0 radical (unpaired) electrons. The molecule has 0 unspecified atom stereocenters. The third kappa shape index (κ3) is 6.48. The summed E-state index contributed by atoms with van der Waals surface area (Å²) in [6.07, 6.45) is 1.46. The molecule has 0 aliphatic rings. The Morgan fingerprint density at radius 1 is 1.14 bits per heavy atom. The highest BCUT2D eigenvalue weighted by molar-refractivity contribution is 6.01. The van der Waals surface area contributed by atoms with Crippen LogP contribution in [0.5, 0.6) is 11.5 Å². The van der Waals surface area contributed by atoms with Crippen molar-refractivity contribution in [2.24, 2.45) is 0 Å². The van der Waals surface area contributed by atoms with Gasteiger partial charge in [0.2, 0.25) is 0 Å². The molecule has 2 aromatic carbocycles. The number of nitrogens with one attached hydrogen (secondary N) is 1. The lowest BCUT2D eigenvalue weighted by Gasteiger charge is -2.09. The van der Waals surface area contributed by atoms with Crippen LogP contribution in [-0.4, -0.2) is 38.7 Å². The number of hydrogen-bond acceptors (Lipinski definition) is 6. The summed E-state index contributed by atoms with van der Waals surface area (Å²) in [7, 11) is 1.52. The van der Waals surface area contributed by atoms with Gasteiger partial charge in [0.15, 0.2) is 0 Å². The zero-order valence-corrected chi connectivity index (χ0v) is 16.3. The molecular formula is C22H22N2O5. The van der Waals surface area contributed by atoms with Crippen molar-refractivity contribution in [2.45, 2.75) is 6.92 Å². The molecule has 0 spiro atoms. The number of amides is 1. The second-order valence-electron chi connectivity index (χ2n) is 5.81. The molecule has 1 amide bonds. The molecule has 7 nitrogen and oxygen atoms in total. The average Bonchev–Trinajstić information content (AvgIpc) is 2.74. The van der Waals surface area contributed by atoms with E-state index in [4.69, 9.17) is 14.2 Å². The van der Waals surface area contributed by atoms with Gasteiger partial charge < -0.3 is 19.5 Å². The third-order valence-electron chi connectivity index (χ3n) is 3.77. The highest BCUT2D eigenvalue weighted by Crippen LogP contribution is 2.21. The molecule has 150 valence electrons. The van der Waals surface area contributed by atoms with Gasteiger partial charge in [-0.15, -0.1) is 0 Å². The van der Waals surface area contributed by atoms with E-state index in [9.17, 15) is 14.9 Å². The van der Waals surface area contributed by atoms with Crippen molar-refractivity contribution in [3.63, 3.8) is 0 Å². The Balaban J connectivity index is 2.07. The summed E-state index contributed by atoms with van der Waals surface area (Å²) in [5, 5.41) is 11.8. The molecule has 0 aliphatic carbocycles. The Morgan fingerprint density at radius 3 is 2.52 bits per heavy atom. The van der Waals surface area contributed by atoms with Crippen LogP contribution in [0.4, 0.5) is 0 Å². The third-order valence-corrected chi connectivity index (χ3v) is 3.77. The van der Waals surface area contributed by atoms with Crippen molar-refractivity contribution < 1.29 is 23.8 Å². The predicted octanol–water partition coefficient (Wildman–Crippen LogP) is 2.97. The van der Waals surface area contributed by atoms with Crippen LogP contribution in [0, 0.1) is 11.3 Å². The second kappa shape index (κ2) is 11.3. The Bertz CT molecular complexity index is 914. The van der Waals surface area contributed by atoms with Crippen molar-refractivity contribution in [3.05, 3.63) is 65.2 Å². The van der Waals surface area contributed by atoms with Gasteiger partial charge in [-0.2, -0.15) is 5.26 Å². The maximum Gasteiger partial charge on any atom is 0.347 e.